The minimum absolute atomic E-state index is 0.0199. The highest BCUT2D eigenvalue weighted by Crippen LogP contribution is 2.23. The van der Waals surface area contributed by atoms with Crippen LogP contribution in [0, 0.1) is 5.92 Å². The highest BCUT2D eigenvalue weighted by atomic mass is 16.2. The van der Waals surface area contributed by atoms with Crippen LogP contribution in [0.3, 0.4) is 0 Å². The molecule has 6 nitrogen and oxygen atoms in total. The Kier molecular flexibility index (Phi) is 5.62. The lowest BCUT2D eigenvalue weighted by Gasteiger charge is -2.34. The number of carbonyl (C=O) groups is 2. The highest BCUT2D eigenvalue weighted by molar-refractivity contribution is 5.79. The van der Waals surface area contributed by atoms with E-state index in [-0.39, 0.29) is 23.9 Å². The summed E-state index contributed by atoms with van der Waals surface area (Å²) in [6.45, 7) is 4.73. The smallest absolute Gasteiger partial charge is 0.319 e. The molecule has 3 amide bonds. The van der Waals surface area contributed by atoms with Crippen molar-refractivity contribution in [3.8, 4) is 0 Å². The number of piperidine rings is 1. The molecule has 3 aliphatic heterocycles. The van der Waals surface area contributed by atoms with E-state index in [1.807, 2.05) is 9.80 Å². The van der Waals surface area contributed by atoms with Crippen molar-refractivity contribution in [1.82, 2.24) is 20.4 Å². The predicted octanol–water partition coefficient (Wildman–Crippen LogP) is 1.92. The van der Waals surface area contributed by atoms with Gasteiger partial charge in [0.1, 0.15) is 0 Å². The Labute approximate surface area is 161 Å². The van der Waals surface area contributed by atoms with Crippen LogP contribution < -0.4 is 10.6 Å². The maximum absolute atomic E-state index is 12.6. The van der Waals surface area contributed by atoms with Crippen LogP contribution in [0.25, 0.3) is 0 Å². The monoisotopic (exact) mass is 370 g/mol. The van der Waals surface area contributed by atoms with Gasteiger partial charge in [-0.1, -0.05) is 24.3 Å². The molecule has 3 aliphatic rings. The van der Waals surface area contributed by atoms with Crippen molar-refractivity contribution < 1.29 is 9.59 Å². The summed E-state index contributed by atoms with van der Waals surface area (Å²) in [7, 11) is 0. The van der Waals surface area contributed by atoms with Crippen LogP contribution in [0.15, 0.2) is 24.3 Å². The Hall–Kier alpha value is -2.08. The third kappa shape index (κ3) is 4.10. The van der Waals surface area contributed by atoms with Crippen molar-refractivity contribution in [3.05, 3.63) is 35.4 Å². The molecule has 27 heavy (non-hydrogen) atoms. The molecule has 1 unspecified atom stereocenters. The lowest BCUT2D eigenvalue weighted by atomic mass is 9.93. The average molecular weight is 370 g/mol. The highest BCUT2D eigenvalue weighted by Gasteiger charge is 2.31. The summed E-state index contributed by atoms with van der Waals surface area (Å²) >= 11 is 0. The number of benzene rings is 1. The Morgan fingerprint density at radius 1 is 1.04 bits per heavy atom. The van der Waals surface area contributed by atoms with Crippen molar-refractivity contribution in [2.75, 3.05) is 39.3 Å². The van der Waals surface area contributed by atoms with Gasteiger partial charge in [-0.25, -0.2) is 4.79 Å². The van der Waals surface area contributed by atoms with Crippen molar-refractivity contribution in [3.63, 3.8) is 0 Å². The molecule has 0 radical (unpaired) electrons. The van der Waals surface area contributed by atoms with E-state index in [1.54, 1.807) is 0 Å². The predicted molar refractivity (Wildman–Crippen MR) is 104 cm³/mol. The molecule has 1 atom stereocenters. The molecule has 2 N–H and O–H groups in total. The molecule has 0 bridgehead atoms. The van der Waals surface area contributed by atoms with Gasteiger partial charge in [-0.2, -0.15) is 0 Å². The van der Waals surface area contributed by atoms with E-state index in [4.69, 9.17) is 0 Å². The molecule has 0 saturated carbocycles. The zero-order chi connectivity index (χ0) is 18.6. The van der Waals surface area contributed by atoms with Gasteiger partial charge in [0.15, 0.2) is 0 Å². The van der Waals surface area contributed by atoms with Gasteiger partial charge in [0.05, 0.1) is 0 Å². The van der Waals surface area contributed by atoms with Gasteiger partial charge >= 0.3 is 6.03 Å². The van der Waals surface area contributed by atoms with Crippen LogP contribution >= 0.6 is 0 Å². The molecular weight excluding hydrogens is 340 g/mol. The number of carbonyl (C=O) groups excluding carboxylic acids is 2. The fourth-order valence-electron chi connectivity index (χ4n) is 4.56. The number of amides is 3. The van der Waals surface area contributed by atoms with Gasteiger partial charge < -0.3 is 20.4 Å². The zero-order valence-corrected chi connectivity index (χ0v) is 16.0. The minimum atomic E-state index is 0.0199. The number of nitrogens with zero attached hydrogens (tertiary/aromatic N) is 2. The van der Waals surface area contributed by atoms with Crippen LogP contribution in [0.5, 0.6) is 0 Å². The first-order chi connectivity index (χ1) is 13.2. The topological polar surface area (TPSA) is 64.7 Å². The number of hydrogen-bond acceptors (Lipinski definition) is 3. The number of likely N-dealkylation sites (tertiary alicyclic amines) is 2. The van der Waals surface area contributed by atoms with Crippen LogP contribution in [-0.2, 0) is 11.2 Å². The summed E-state index contributed by atoms with van der Waals surface area (Å²) in [6, 6.07) is 8.83. The van der Waals surface area contributed by atoms with E-state index in [1.165, 1.54) is 11.1 Å². The summed E-state index contributed by atoms with van der Waals surface area (Å²) in [4.78, 5) is 29.0. The Balaban J connectivity index is 1.25. The van der Waals surface area contributed by atoms with Gasteiger partial charge in [-0.3, -0.25) is 4.79 Å². The van der Waals surface area contributed by atoms with Crippen molar-refractivity contribution >= 4 is 11.9 Å². The van der Waals surface area contributed by atoms with Crippen molar-refractivity contribution in [1.29, 1.82) is 0 Å². The van der Waals surface area contributed by atoms with Gasteiger partial charge in [0.25, 0.3) is 0 Å². The van der Waals surface area contributed by atoms with Crippen LogP contribution in [0.2, 0.25) is 0 Å². The molecule has 146 valence electrons. The van der Waals surface area contributed by atoms with Crippen LogP contribution in [0.4, 0.5) is 4.79 Å². The molecule has 0 aliphatic carbocycles. The van der Waals surface area contributed by atoms with Gasteiger partial charge in [0, 0.05) is 44.7 Å². The van der Waals surface area contributed by atoms with E-state index in [9.17, 15) is 9.59 Å². The number of urea groups is 1. The second-order valence-electron chi connectivity index (χ2n) is 7.94. The molecule has 0 spiro atoms. The zero-order valence-electron chi connectivity index (χ0n) is 16.0. The van der Waals surface area contributed by atoms with E-state index < -0.39 is 0 Å². The van der Waals surface area contributed by atoms with E-state index in [2.05, 4.69) is 34.9 Å². The van der Waals surface area contributed by atoms with Crippen LogP contribution in [-0.4, -0.2) is 61.0 Å². The summed E-state index contributed by atoms with van der Waals surface area (Å²) < 4.78 is 0. The molecule has 0 aromatic heterocycles. The third-order valence-electron chi connectivity index (χ3n) is 6.21. The second kappa shape index (κ2) is 8.30. The van der Waals surface area contributed by atoms with Gasteiger partial charge in [-0.15, -0.1) is 0 Å². The first-order valence-electron chi connectivity index (χ1n) is 10.3. The molecule has 1 aromatic carbocycles. The Morgan fingerprint density at radius 2 is 1.74 bits per heavy atom. The molecule has 3 heterocycles. The molecule has 2 fully saturated rings. The summed E-state index contributed by atoms with van der Waals surface area (Å²) in [5.41, 5.74) is 2.68. The first-order valence-corrected chi connectivity index (χ1v) is 10.3. The lowest BCUT2D eigenvalue weighted by molar-refractivity contribution is -0.126. The fourth-order valence-corrected chi connectivity index (χ4v) is 4.56. The van der Waals surface area contributed by atoms with Gasteiger partial charge in [0.2, 0.25) is 5.91 Å². The van der Waals surface area contributed by atoms with Crippen molar-refractivity contribution in [2.45, 2.75) is 38.1 Å². The minimum Gasteiger partial charge on any atom is -0.354 e. The largest absolute Gasteiger partial charge is 0.354 e. The normalized spacial score (nSPS) is 23.2. The van der Waals surface area contributed by atoms with E-state index in [0.29, 0.717) is 19.6 Å². The number of fused-ring (bicyclic) bond motifs is 1. The van der Waals surface area contributed by atoms with E-state index >= 15 is 0 Å². The fraction of sp³-hybridized carbons (Fsp3) is 0.619. The summed E-state index contributed by atoms with van der Waals surface area (Å²) in [5.74, 6) is 0.152. The standard InChI is InChI=1S/C21H30N4O2/c26-20(23-15-19-18-6-2-1-5-16(18)7-10-22-19)17-8-13-25(14-9-17)21(27)24-11-3-4-12-24/h1-2,5-6,17,19,22H,3-4,7-15H2,(H,23,26). The lowest BCUT2D eigenvalue weighted by Crippen LogP contribution is -2.48. The average Bonchev–Trinajstić information content (AvgIpc) is 3.26. The molecule has 2 saturated heterocycles. The second-order valence-corrected chi connectivity index (χ2v) is 7.94. The van der Waals surface area contributed by atoms with Crippen molar-refractivity contribution in [2.24, 2.45) is 5.92 Å². The SMILES string of the molecule is O=C(NCC1NCCc2ccccc21)C1CCN(C(=O)N2CCCC2)CC1. The molecule has 1 aromatic rings. The van der Waals surface area contributed by atoms with E-state index in [0.717, 1.165) is 51.7 Å². The molecular formula is C21H30N4O2. The summed E-state index contributed by atoms with van der Waals surface area (Å²) in [5, 5.41) is 6.66. The quantitative estimate of drug-likeness (QED) is 0.854. The number of nitrogens with one attached hydrogen (secondary N) is 2. The maximum Gasteiger partial charge on any atom is 0.319 e. The maximum atomic E-state index is 12.6. The van der Waals surface area contributed by atoms with Crippen LogP contribution in [0.1, 0.15) is 42.9 Å². The summed E-state index contributed by atoms with van der Waals surface area (Å²) in [6.07, 6.45) is 4.80. The molecule has 6 heteroatoms. The molecule has 4 rings (SSSR count). The Bertz CT molecular complexity index is 679. The Morgan fingerprint density at radius 3 is 2.52 bits per heavy atom. The first kappa shape index (κ1) is 18.3. The number of rotatable bonds is 3. The van der Waals surface area contributed by atoms with Gasteiger partial charge in [-0.05, 0) is 49.8 Å². The number of hydrogen-bond donors (Lipinski definition) is 2. The third-order valence-corrected chi connectivity index (χ3v) is 6.21.